The first-order chi connectivity index (χ1) is 6.43. The highest BCUT2D eigenvalue weighted by Gasteiger charge is 2.08. The molecule has 2 heteroatoms. The van der Waals surface area contributed by atoms with Gasteiger partial charge in [0.05, 0.1) is 0 Å². The second-order valence-corrected chi connectivity index (χ2v) is 3.54. The van der Waals surface area contributed by atoms with Gasteiger partial charge in [-0.2, -0.15) is 0 Å². The van der Waals surface area contributed by atoms with Crippen LogP contribution in [0.5, 0.6) is 0 Å². The number of carbonyl (C=O) groups excluding carboxylic acids is 1. The molecule has 1 atom stereocenters. The normalized spacial score (nSPS) is 25.1. The minimum Gasteiger partial charge on any atom is -0.465 e. The van der Waals surface area contributed by atoms with Crippen molar-refractivity contribution in [2.24, 2.45) is 0 Å². The van der Waals surface area contributed by atoms with Crippen LogP contribution in [-0.4, -0.2) is 12.6 Å². The first-order valence-corrected chi connectivity index (χ1v) is 5.17. The summed E-state index contributed by atoms with van der Waals surface area (Å²) in [4.78, 5) is 10.2. The zero-order chi connectivity index (χ0) is 9.36. The molecule has 0 saturated heterocycles. The van der Waals surface area contributed by atoms with Gasteiger partial charge in [-0.3, -0.25) is 4.79 Å². The summed E-state index contributed by atoms with van der Waals surface area (Å²) >= 11 is 0. The van der Waals surface area contributed by atoms with Crippen molar-refractivity contribution in [2.75, 3.05) is 0 Å². The van der Waals surface area contributed by atoms with E-state index in [4.69, 9.17) is 4.74 Å². The van der Waals surface area contributed by atoms with Crippen LogP contribution >= 0.6 is 0 Å². The summed E-state index contributed by atoms with van der Waals surface area (Å²) in [7, 11) is 0. The van der Waals surface area contributed by atoms with E-state index in [1.807, 2.05) is 0 Å². The lowest BCUT2D eigenvalue weighted by molar-refractivity contribution is -0.134. The van der Waals surface area contributed by atoms with E-state index in [1.165, 1.54) is 19.3 Å². The third-order valence-electron chi connectivity index (χ3n) is 2.46. The summed E-state index contributed by atoms with van der Waals surface area (Å²) in [5.41, 5.74) is 0. The lowest BCUT2D eigenvalue weighted by atomic mass is 10.0. The van der Waals surface area contributed by atoms with Gasteiger partial charge in [0.25, 0.3) is 6.47 Å². The molecule has 0 bridgehead atoms. The second kappa shape index (κ2) is 6.70. The van der Waals surface area contributed by atoms with Gasteiger partial charge in [-0.05, 0) is 44.9 Å². The fourth-order valence-electron chi connectivity index (χ4n) is 1.69. The molecule has 74 valence electrons. The standard InChI is InChI=1S/C11H18O2/c12-10-13-11-8-6-4-2-1-3-5-7-9-11/h1-2,10-11H,3-9H2. The summed E-state index contributed by atoms with van der Waals surface area (Å²) in [6, 6.07) is 0. The van der Waals surface area contributed by atoms with E-state index in [9.17, 15) is 4.79 Å². The molecule has 0 aromatic carbocycles. The van der Waals surface area contributed by atoms with Crippen molar-refractivity contribution in [1.29, 1.82) is 0 Å². The lowest BCUT2D eigenvalue weighted by Gasteiger charge is -2.14. The van der Waals surface area contributed by atoms with Crippen molar-refractivity contribution in [3.63, 3.8) is 0 Å². The summed E-state index contributed by atoms with van der Waals surface area (Å²) in [5.74, 6) is 0. The van der Waals surface area contributed by atoms with Crippen LogP contribution in [-0.2, 0) is 9.53 Å². The minimum absolute atomic E-state index is 0.170. The van der Waals surface area contributed by atoms with E-state index < -0.39 is 0 Å². The van der Waals surface area contributed by atoms with E-state index in [0.29, 0.717) is 6.47 Å². The van der Waals surface area contributed by atoms with Crippen molar-refractivity contribution in [2.45, 2.75) is 51.0 Å². The van der Waals surface area contributed by atoms with Crippen LogP contribution in [0.25, 0.3) is 0 Å². The van der Waals surface area contributed by atoms with Gasteiger partial charge in [0.1, 0.15) is 6.10 Å². The molecule has 0 aromatic rings. The Bertz CT molecular complexity index is 163. The molecule has 1 unspecified atom stereocenters. The van der Waals surface area contributed by atoms with Gasteiger partial charge in [0, 0.05) is 0 Å². The molecule has 0 N–H and O–H groups in total. The quantitative estimate of drug-likeness (QED) is 0.485. The number of hydrogen-bond acceptors (Lipinski definition) is 2. The third kappa shape index (κ3) is 4.71. The SMILES string of the molecule is O=COC1CCCC=CCCCC1. The maximum Gasteiger partial charge on any atom is 0.293 e. The Hall–Kier alpha value is -0.790. The minimum atomic E-state index is 0.170. The Labute approximate surface area is 80.0 Å². The molecule has 0 radical (unpaired) electrons. The molecule has 1 aliphatic rings. The predicted octanol–water partition coefficient (Wildman–Crippen LogP) is 2.83. The first kappa shape index (κ1) is 10.3. The maximum atomic E-state index is 10.2. The fraction of sp³-hybridized carbons (Fsp3) is 0.727. The third-order valence-corrected chi connectivity index (χ3v) is 2.46. The Morgan fingerprint density at radius 2 is 1.77 bits per heavy atom. The average molecular weight is 182 g/mol. The van der Waals surface area contributed by atoms with Crippen LogP contribution in [0, 0.1) is 0 Å². The molecule has 0 heterocycles. The van der Waals surface area contributed by atoms with Crippen molar-refractivity contribution in [3.05, 3.63) is 12.2 Å². The number of carbonyl (C=O) groups is 1. The van der Waals surface area contributed by atoms with Crippen LogP contribution < -0.4 is 0 Å². The van der Waals surface area contributed by atoms with Gasteiger partial charge in [-0.1, -0.05) is 12.2 Å². The first-order valence-electron chi connectivity index (χ1n) is 5.17. The number of rotatable bonds is 2. The van der Waals surface area contributed by atoms with Gasteiger partial charge in [-0.25, -0.2) is 0 Å². The van der Waals surface area contributed by atoms with E-state index in [1.54, 1.807) is 0 Å². The van der Waals surface area contributed by atoms with Crippen molar-refractivity contribution >= 4 is 6.47 Å². The molecule has 0 fully saturated rings. The molecular weight excluding hydrogens is 164 g/mol. The smallest absolute Gasteiger partial charge is 0.293 e. The van der Waals surface area contributed by atoms with E-state index in [-0.39, 0.29) is 6.10 Å². The van der Waals surface area contributed by atoms with Crippen molar-refractivity contribution < 1.29 is 9.53 Å². The summed E-state index contributed by atoms with van der Waals surface area (Å²) in [6.07, 6.45) is 12.5. The largest absolute Gasteiger partial charge is 0.465 e. The van der Waals surface area contributed by atoms with Gasteiger partial charge in [-0.15, -0.1) is 0 Å². The molecule has 1 rings (SSSR count). The summed E-state index contributed by atoms with van der Waals surface area (Å²) in [5, 5.41) is 0. The van der Waals surface area contributed by atoms with Crippen LogP contribution in [0.4, 0.5) is 0 Å². The highest BCUT2D eigenvalue weighted by atomic mass is 16.5. The average Bonchev–Trinajstić information content (AvgIpc) is 2.16. The molecule has 2 nitrogen and oxygen atoms in total. The van der Waals surface area contributed by atoms with Crippen LogP contribution in [0.3, 0.4) is 0 Å². The Morgan fingerprint density at radius 1 is 1.08 bits per heavy atom. The van der Waals surface area contributed by atoms with E-state index in [2.05, 4.69) is 12.2 Å². The summed E-state index contributed by atoms with van der Waals surface area (Å²) in [6.45, 7) is 0.590. The van der Waals surface area contributed by atoms with Gasteiger partial charge in [0.2, 0.25) is 0 Å². The van der Waals surface area contributed by atoms with E-state index in [0.717, 1.165) is 25.7 Å². The van der Waals surface area contributed by atoms with Crippen LogP contribution in [0.2, 0.25) is 0 Å². The second-order valence-electron chi connectivity index (χ2n) is 3.54. The fourth-order valence-corrected chi connectivity index (χ4v) is 1.69. The number of allylic oxidation sites excluding steroid dienone is 2. The topological polar surface area (TPSA) is 26.3 Å². The van der Waals surface area contributed by atoms with Gasteiger partial charge >= 0.3 is 0 Å². The van der Waals surface area contributed by atoms with Crippen molar-refractivity contribution in [3.8, 4) is 0 Å². The summed E-state index contributed by atoms with van der Waals surface area (Å²) < 4.78 is 5.01. The Kier molecular flexibility index (Phi) is 5.30. The van der Waals surface area contributed by atoms with E-state index >= 15 is 0 Å². The Balaban J connectivity index is 2.29. The van der Waals surface area contributed by atoms with Crippen molar-refractivity contribution in [1.82, 2.24) is 0 Å². The monoisotopic (exact) mass is 182 g/mol. The van der Waals surface area contributed by atoms with Crippen LogP contribution in [0.15, 0.2) is 12.2 Å². The molecule has 0 amide bonds. The zero-order valence-electron chi connectivity index (χ0n) is 8.08. The highest BCUT2D eigenvalue weighted by molar-refractivity contribution is 5.37. The molecule has 1 aliphatic carbocycles. The highest BCUT2D eigenvalue weighted by Crippen LogP contribution is 2.15. The zero-order valence-corrected chi connectivity index (χ0v) is 8.08. The predicted molar refractivity (Wildman–Crippen MR) is 52.4 cm³/mol. The lowest BCUT2D eigenvalue weighted by Crippen LogP contribution is -2.12. The maximum absolute atomic E-state index is 10.2. The Morgan fingerprint density at radius 3 is 2.54 bits per heavy atom. The molecule has 0 spiro atoms. The molecule has 0 saturated carbocycles. The van der Waals surface area contributed by atoms with Crippen LogP contribution in [0.1, 0.15) is 44.9 Å². The number of hydrogen-bond donors (Lipinski definition) is 0. The van der Waals surface area contributed by atoms with Gasteiger partial charge < -0.3 is 4.74 Å². The molecule has 0 aliphatic heterocycles. The molecular formula is C11H18O2. The molecule has 13 heavy (non-hydrogen) atoms. The number of ether oxygens (including phenoxy) is 1. The van der Waals surface area contributed by atoms with Gasteiger partial charge in [0.15, 0.2) is 0 Å². The molecule has 0 aromatic heterocycles.